The number of ether oxygens (including phenoxy) is 1. The van der Waals surface area contributed by atoms with Crippen LogP contribution in [0.3, 0.4) is 0 Å². The van der Waals surface area contributed by atoms with Gasteiger partial charge < -0.3 is 10.1 Å². The summed E-state index contributed by atoms with van der Waals surface area (Å²) in [7, 11) is 0. The van der Waals surface area contributed by atoms with E-state index in [0.717, 1.165) is 32.2 Å². The molecule has 0 amide bonds. The van der Waals surface area contributed by atoms with Gasteiger partial charge >= 0.3 is 0 Å². The molecule has 5 nitrogen and oxygen atoms in total. The third-order valence-corrected chi connectivity index (χ3v) is 6.57. The Morgan fingerprint density at radius 3 is 2.77 bits per heavy atom. The second kappa shape index (κ2) is 8.58. The number of rotatable bonds is 5. The minimum atomic E-state index is 0.423. The molecule has 0 saturated heterocycles. The first-order chi connectivity index (χ1) is 14.7. The number of aromatic nitrogens is 3. The van der Waals surface area contributed by atoms with Crippen molar-refractivity contribution in [3.05, 3.63) is 60.1 Å². The number of thiazole rings is 1. The number of nitrogens with one attached hydrogen (secondary N) is 1. The van der Waals surface area contributed by atoms with Gasteiger partial charge in [0.15, 0.2) is 5.13 Å². The van der Waals surface area contributed by atoms with Crippen molar-refractivity contribution in [3.8, 4) is 22.6 Å². The summed E-state index contributed by atoms with van der Waals surface area (Å²) in [5.41, 5.74) is 2.67. The van der Waals surface area contributed by atoms with Crippen molar-refractivity contribution in [3.63, 3.8) is 0 Å². The highest BCUT2D eigenvalue weighted by atomic mass is 35.5. The molecule has 0 atom stereocenters. The highest BCUT2D eigenvalue weighted by Crippen LogP contribution is 2.34. The average Bonchev–Trinajstić information content (AvgIpc) is 3.18. The van der Waals surface area contributed by atoms with E-state index in [0.29, 0.717) is 16.9 Å². The summed E-state index contributed by atoms with van der Waals surface area (Å²) in [6.45, 7) is 0. The van der Waals surface area contributed by atoms with E-state index < -0.39 is 0 Å². The van der Waals surface area contributed by atoms with Gasteiger partial charge in [0.05, 0.1) is 16.4 Å². The molecule has 1 aliphatic carbocycles. The van der Waals surface area contributed by atoms with Crippen LogP contribution in [0.2, 0.25) is 5.15 Å². The second-order valence-corrected chi connectivity index (χ2v) is 8.87. The van der Waals surface area contributed by atoms with E-state index in [9.17, 15) is 0 Å². The zero-order valence-electron chi connectivity index (χ0n) is 16.3. The number of nitrogens with zero attached hydrogens (tertiary/aromatic N) is 3. The number of hydrogen-bond acceptors (Lipinski definition) is 6. The Hall–Kier alpha value is -2.70. The summed E-state index contributed by atoms with van der Waals surface area (Å²) in [5, 5.41) is 5.02. The molecule has 5 rings (SSSR count). The van der Waals surface area contributed by atoms with Crippen LogP contribution in [-0.4, -0.2) is 21.0 Å². The lowest BCUT2D eigenvalue weighted by Gasteiger charge is -2.22. The SMILES string of the molecule is Clc1ncc(Oc2ccc3nc(NC4CCCCC4)sc3c2)cc1-c1cccnc1. The highest BCUT2D eigenvalue weighted by molar-refractivity contribution is 7.22. The Labute approximate surface area is 184 Å². The minimum Gasteiger partial charge on any atom is -0.456 e. The van der Waals surface area contributed by atoms with E-state index in [-0.39, 0.29) is 0 Å². The Morgan fingerprint density at radius 1 is 1.03 bits per heavy atom. The van der Waals surface area contributed by atoms with Gasteiger partial charge in [-0.25, -0.2) is 9.97 Å². The van der Waals surface area contributed by atoms with Gasteiger partial charge in [0.2, 0.25) is 0 Å². The van der Waals surface area contributed by atoms with Crippen LogP contribution in [0.5, 0.6) is 11.5 Å². The Kier molecular flexibility index (Phi) is 5.51. The largest absolute Gasteiger partial charge is 0.456 e. The van der Waals surface area contributed by atoms with Crippen LogP contribution in [0.15, 0.2) is 55.0 Å². The maximum Gasteiger partial charge on any atom is 0.184 e. The quantitative estimate of drug-likeness (QED) is 0.343. The summed E-state index contributed by atoms with van der Waals surface area (Å²) < 4.78 is 7.18. The number of fused-ring (bicyclic) bond motifs is 1. The first-order valence-electron chi connectivity index (χ1n) is 10.2. The molecule has 0 unspecified atom stereocenters. The van der Waals surface area contributed by atoms with Crippen LogP contribution < -0.4 is 10.1 Å². The number of pyridine rings is 2. The van der Waals surface area contributed by atoms with Crippen molar-refractivity contribution >= 4 is 38.3 Å². The molecule has 1 saturated carbocycles. The van der Waals surface area contributed by atoms with Gasteiger partial charge in [-0.1, -0.05) is 48.3 Å². The Morgan fingerprint density at radius 2 is 1.93 bits per heavy atom. The molecular formula is C23H21ClN4OS. The monoisotopic (exact) mass is 436 g/mol. The van der Waals surface area contributed by atoms with Crippen molar-refractivity contribution < 1.29 is 4.74 Å². The Balaban J connectivity index is 1.36. The third-order valence-electron chi connectivity index (χ3n) is 5.31. The predicted molar refractivity (Wildman–Crippen MR) is 123 cm³/mol. The fourth-order valence-corrected chi connectivity index (χ4v) is 4.98. The van der Waals surface area contributed by atoms with Gasteiger partial charge in [0.25, 0.3) is 0 Å². The normalized spacial score (nSPS) is 14.7. The molecule has 0 spiro atoms. The number of benzene rings is 1. The fraction of sp³-hybridized carbons (Fsp3) is 0.261. The molecule has 1 fully saturated rings. The molecule has 1 aromatic carbocycles. The molecule has 1 aliphatic rings. The minimum absolute atomic E-state index is 0.423. The third kappa shape index (κ3) is 4.25. The van der Waals surface area contributed by atoms with Crippen LogP contribution in [0, 0.1) is 0 Å². The second-order valence-electron chi connectivity index (χ2n) is 7.48. The molecule has 0 bridgehead atoms. The van der Waals surface area contributed by atoms with Gasteiger partial charge in [-0.3, -0.25) is 4.98 Å². The van der Waals surface area contributed by atoms with Crippen LogP contribution in [0.25, 0.3) is 21.3 Å². The van der Waals surface area contributed by atoms with E-state index in [1.807, 2.05) is 36.4 Å². The van der Waals surface area contributed by atoms with Crippen molar-refractivity contribution in [2.24, 2.45) is 0 Å². The van der Waals surface area contributed by atoms with Crippen molar-refractivity contribution in [2.75, 3.05) is 5.32 Å². The van der Waals surface area contributed by atoms with Crippen LogP contribution in [-0.2, 0) is 0 Å². The lowest BCUT2D eigenvalue weighted by atomic mass is 9.96. The van der Waals surface area contributed by atoms with Crippen molar-refractivity contribution in [2.45, 2.75) is 38.1 Å². The summed E-state index contributed by atoms with van der Waals surface area (Å²) in [6, 6.07) is 12.2. The Bertz CT molecular complexity index is 1160. The zero-order chi connectivity index (χ0) is 20.3. The van der Waals surface area contributed by atoms with Crippen LogP contribution >= 0.6 is 22.9 Å². The molecule has 3 aromatic heterocycles. The summed E-state index contributed by atoms with van der Waals surface area (Å²) >= 11 is 7.96. The molecular weight excluding hydrogens is 416 g/mol. The van der Waals surface area contributed by atoms with E-state index in [2.05, 4.69) is 15.3 Å². The first kappa shape index (κ1) is 19.3. The molecule has 7 heteroatoms. The van der Waals surface area contributed by atoms with Crippen LogP contribution in [0.4, 0.5) is 5.13 Å². The van der Waals surface area contributed by atoms with Gasteiger partial charge in [-0.05, 0) is 37.1 Å². The summed E-state index contributed by atoms with van der Waals surface area (Å²) in [4.78, 5) is 13.2. The maximum absolute atomic E-state index is 6.29. The van der Waals surface area contributed by atoms with E-state index >= 15 is 0 Å². The molecule has 30 heavy (non-hydrogen) atoms. The molecule has 0 radical (unpaired) electrons. The first-order valence-corrected chi connectivity index (χ1v) is 11.3. The summed E-state index contributed by atoms with van der Waals surface area (Å²) in [6.07, 6.45) is 11.5. The van der Waals surface area contributed by atoms with Gasteiger partial charge in [0, 0.05) is 35.6 Å². The van der Waals surface area contributed by atoms with E-state index in [1.54, 1.807) is 29.9 Å². The maximum atomic E-state index is 6.29. The molecule has 0 aliphatic heterocycles. The van der Waals surface area contributed by atoms with Gasteiger partial charge in [-0.15, -0.1) is 0 Å². The molecule has 3 heterocycles. The zero-order valence-corrected chi connectivity index (χ0v) is 17.9. The number of anilines is 1. The standard InChI is InChI=1S/C23H21ClN4OS/c24-22-19(15-5-4-10-25-13-15)11-18(14-26-22)29-17-8-9-20-21(12-17)30-23(28-20)27-16-6-2-1-3-7-16/h4-5,8-14,16H,1-3,6-7H2,(H,27,28). The van der Waals surface area contributed by atoms with Gasteiger partial charge in [0.1, 0.15) is 16.7 Å². The average molecular weight is 437 g/mol. The van der Waals surface area contributed by atoms with E-state index in [1.165, 1.54) is 32.1 Å². The molecule has 1 N–H and O–H groups in total. The predicted octanol–water partition coefficient (Wildman–Crippen LogP) is 6.94. The highest BCUT2D eigenvalue weighted by Gasteiger charge is 2.15. The fourth-order valence-electron chi connectivity index (χ4n) is 3.80. The van der Waals surface area contributed by atoms with Crippen molar-refractivity contribution in [1.82, 2.24) is 15.0 Å². The lowest BCUT2D eigenvalue weighted by Crippen LogP contribution is -2.21. The van der Waals surface area contributed by atoms with Crippen molar-refractivity contribution in [1.29, 1.82) is 0 Å². The summed E-state index contributed by atoms with van der Waals surface area (Å²) in [5.74, 6) is 1.37. The topological polar surface area (TPSA) is 59.9 Å². The lowest BCUT2D eigenvalue weighted by molar-refractivity contribution is 0.462. The molecule has 152 valence electrons. The number of hydrogen-bond donors (Lipinski definition) is 1. The number of halogens is 1. The van der Waals surface area contributed by atoms with Gasteiger partial charge in [-0.2, -0.15) is 0 Å². The van der Waals surface area contributed by atoms with Crippen LogP contribution in [0.1, 0.15) is 32.1 Å². The smallest absolute Gasteiger partial charge is 0.184 e. The molecule has 4 aromatic rings. The van der Waals surface area contributed by atoms with E-state index in [4.69, 9.17) is 21.3 Å².